The number of halogens is 1. The second-order valence-electron chi connectivity index (χ2n) is 5.55. The van der Waals surface area contributed by atoms with Crippen LogP contribution in [0.5, 0.6) is 11.5 Å². The van der Waals surface area contributed by atoms with Crippen LogP contribution < -0.4 is 33.3 Å². The summed E-state index contributed by atoms with van der Waals surface area (Å²) in [5.74, 6) is -0.0653. The van der Waals surface area contributed by atoms with E-state index in [0.717, 1.165) is 16.6 Å². The van der Waals surface area contributed by atoms with Gasteiger partial charge in [0.15, 0.2) is 11.5 Å². The van der Waals surface area contributed by atoms with Crippen LogP contribution in [0.15, 0.2) is 48.5 Å². The number of nitrogens with zero attached hydrogens (tertiary/aromatic N) is 2. The van der Waals surface area contributed by atoms with Gasteiger partial charge >= 0.3 is 0 Å². The van der Waals surface area contributed by atoms with E-state index in [9.17, 15) is 15.2 Å². The molecule has 26 heavy (non-hydrogen) atoms. The van der Waals surface area contributed by atoms with E-state index in [1.54, 1.807) is 12.2 Å². The Kier molecular flexibility index (Phi) is 6.14. The van der Waals surface area contributed by atoms with Gasteiger partial charge in [-0.15, -0.1) is 0 Å². The lowest BCUT2D eigenvalue weighted by Crippen LogP contribution is -3.00. The molecular weight excluding hydrogens is 447 g/mol. The first-order chi connectivity index (χ1) is 12.0. The predicted molar refractivity (Wildman–Crippen MR) is 95.4 cm³/mol. The highest BCUT2D eigenvalue weighted by atomic mass is 127. The van der Waals surface area contributed by atoms with Gasteiger partial charge in [-0.1, -0.05) is 12.1 Å². The van der Waals surface area contributed by atoms with Crippen molar-refractivity contribution < 1.29 is 43.3 Å². The molecule has 0 bridgehead atoms. The Balaban J connectivity index is 0.00000243. The smallest absolute Gasteiger partial charge is 0.274 e. The quantitative estimate of drug-likeness (QED) is 0.264. The van der Waals surface area contributed by atoms with Gasteiger partial charge in [-0.3, -0.25) is 10.1 Å². The summed E-state index contributed by atoms with van der Waals surface area (Å²) in [7, 11) is 3.30. The number of pyridine rings is 1. The van der Waals surface area contributed by atoms with Crippen LogP contribution in [0.1, 0.15) is 11.3 Å². The highest BCUT2D eigenvalue weighted by Gasteiger charge is 2.16. The molecule has 0 spiro atoms. The number of para-hydroxylation sites is 1. The molecule has 0 amide bonds. The van der Waals surface area contributed by atoms with Crippen molar-refractivity contribution in [3.63, 3.8) is 0 Å². The first-order valence-corrected chi connectivity index (χ1v) is 7.62. The highest BCUT2D eigenvalue weighted by molar-refractivity contribution is 5.78. The van der Waals surface area contributed by atoms with Crippen molar-refractivity contribution in [1.82, 2.24) is 0 Å². The molecule has 1 N–H and O–H groups in total. The molecule has 7 heteroatoms. The van der Waals surface area contributed by atoms with Crippen LogP contribution in [-0.4, -0.2) is 17.1 Å². The lowest BCUT2D eigenvalue weighted by Gasteiger charge is -2.06. The van der Waals surface area contributed by atoms with Gasteiger partial charge in [0.25, 0.3) is 5.69 Å². The number of hydrogen-bond acceptors (Lipinski definition) is 4. The number of aryl methyl sites for hydroxylation is 1. The van der Waals surface area contributed by atoms with E-state index in [1.807, 2.05) is 48.0 Å². The summed E-state index contributed by atoms with van der Waals surface area (Å²) in [6.45, 7) is 0. The fourth-order valence-corrected chi connectivity index (χ4v) is 2.70. The number of fused-ring (bicyclic) bond motifs is 1. The summed E-state index contributed by atoms with van der Waals surface area (Å²) in [4.78, 5) is 10.5. The number of nitro groups is 1. The molecule has 0 unspecified atom stereocenters. The van der Waals surface area contributed by atoms with Crippen LogP contribution in [0.2, 0.25) is 0 Å². The van der Waals surface area contributed by atoms with Crippen LogP contribution in [0, 0.1) is 10.1 Å². The van der Waals surface area contributed by atoms with Crippen molar-refractivity contribution in [2.45, 2.75) is 0 Å². The summed E-state index contributed by atoms with van der Waals surface area (Å²) >= 11 is 0. The standard InChI is InChI=1S/C19H16N2O4.HI/c1-20-15(9-7-13-5-3-4-6-17(13)20)10-8-14-11-16(21(23)24)12-18(25-2)19(14)22;/h3-12H,1-2H3;1H. The minimum atomic E-state index is -0.519. The lowest BCUT2D eigenvalue weighted by molar-refractivity contribution is -0.646. The second kappa shape index (κ2) is 8.13. The highest BCUT2D eigenvalue weighted by Crippen LogP contribution is 2.35. The molecule has 0 aliphatic rings. The Hall–Kier alpha value is -2.68. The number of hydrogen-bond donors (Lipinski definition) is 1. The van der Waals surface area contributed by atoms with Crippen molar-refractivity contribution in [2.24, 2.45) is 7.05 Å². The molecule has 2 aromatic carbocycles. The number of methoxy groups -OCH3 is 1. The van der Waals surface area contributed by atoms with Crippen LogP contribution in [0.4, 0.5) is 5.69 Å². The number of phenolic OH excluding ortho intramolecular Hbond substituents is 1. The van der Waals surface area contributed by atoms with E-state index >= 15 is 0 Å². The average molecular weight is 464 g/mol. The number of aromatic nitrogens is 1. The summed E-state index contributed by atoms with van der Waals surface area (Å²) in [6.07, 6.45) is 3.43. The Labute approximate surface area is 167 Å². The van der Waals surface area contributed by atoms with Crippen molar-refractivity contribution in [3.05, 3.63) is 69.9 Å². The number of non-ortho nitro benzene ring substituents is 1. The Morgan fingerprint density at radius 1 is 1.15 bits per heavy atom. The maximum Gasteiger partial charge on any atom is 0.274 e. The van der Waals surface area contributed by atoms with E-state index < -0.39 is 4.92 Å². The summed E-state index contributed by atoms with van der Waals surface area (Å²) in [5.41, 5.74) is 2.13. The van der Waals surface area contributed by atoms with Crippen LogP contribution in [0.3, 0.4) is 0 Å². The molecule has 0 saturated carbocycles. The third kappa shape index (κ3) is 3.77. The van der Waals surface area contributed by atoms with E-state index in [0.29, 0.717) is 5.56 Å². The number of nitro benzene ring substituents is 1. The van der Waals surface area contributed by atoms with E-state index in [1.165, 1.54) is 19.2 Å². The molecule has 0 aliphatic heterocycles. The molecule has 1 aromatic heterocycles. The van der Waals surface area contributed by atoms with E-state index in [2.05, 4.69) is 0 Å². The summed E-state index contributed by atoms with van der Waals surface area (Å²) in [5, 5.41) is 22.4. The number of aromatic hydroxyl groups is 1. The first kappa shape index (κ1) is 19.6. The number of benzene rings is 2. The molecule has 6 nitrogen and oxygen atoms in total. The molecule has 0 aliphatic carbocycles. The minimum Gasteiger partial charge on any atom is -1.00 e. The van der Waals surface area contributed by atoms with Crippen molar-refractivity contribution in [3.8, 4) is 11.5 Å². The third-order valence-corrected chi connectivity index (χ3v) is 4.07. The van der Waals surface area contributed by atoms with Gasteiger partial charge in [-0.2, -0.15) is 4.57 Å². The molecule has 134 valence electrons. The van der Waals surface area contributed by atoms with Crippen molar-refractivity contribution in [2.75, 3.05) is 7.11 Å². The molecule has 1 heterocycles. The van der Waals surface area contributed by atoms with Crippen LogP contribution in [-0.2, 0) is 7.05 Å². The molecule has 0 saturated heterocycles. The van der Waals surface area contributed by atoms with Gasteiger partial charge in [0.05, 0.1) is 18.1 Å². The normalized spacial score (nSPS) is 10.7. The second-order valence-corrected chi connectivity index (χ2v) is 5.55. The molecular formula is C19H17IN2O4. The third-order valence-electron chi connectivity index (χ3n) is 4.07. The van der Waals surface area contributed by atoms with Crippen LogP contribution >= 0.6 is 0 Å². The van der Waals surface area contributed by atoms with Gasteiger partial charge in [0, 0.05) is 35.2 Å². The van der Waals surface area contributed by atoms with Crippen LogP contribution in [0.25, 0.3) is 23.1 Å². The van der Waals surface area contributed by atoms with Gasteiger partial charge in [0.1, 0.15) is 7.05 Å². The van der Waals surface area contributed by atoms with Crippen molar-refractivity contribution in [1.29, 1.82) is 0 Å². The van der Waals surface area contributed by atoms with Gasteiger partial charge in [-0.05, 0) is 18.2 Å². The van der Waals surface area contributed by atoms with Gasteiger partial charge in [-0.25, -0.2) is 0 Å². The maximum atomic E-state index is 11.0. The SMILES string of the molecule is COc1cc([N+](=O)[O-])cc(/C=C/c2ccc3ccccc3[n+]2C)c1O.[I-]. The van der Waals surface area contributed by atoms with Gasteiger partial charge in [0.2, 0.25) is 11.2 Å². The molecule has 0 fully saturated rings. The molecule has 0 radical (unpaired) electrons. The number of ether oxygens (including phenoxy) is 1. The fraction of sp³-hybridized carbons (Fsp3) is 0.105. The number of rotatable bonds is 4. The van der Waals surface area contributed by atoms with Gasteiger partial charge < -0.3 is 33.8 Å². The predicted octanol–water partition coefficient (Wildman–Crippen LogP) is 0.461. The Morgan fingerprint density at radius 2 is 1.88 bits per heavy atom. The van der Waals surface area contributed by atoms with Crippen molar-refractivity contribution >= 4 is 28.7 Å². The zero-order chi connectivity index (χ0) is 18.0. The fourth-order valence-electron chi connectivity index (χ4n) is 2.70. The largest absolute Gasteiger partial charge is 1.00 e. The number of phenols is 1. The minimum absolute atomic E-state index is 0. The van der Waals surface area contributed by atoms with E-state index in [4.69, 9.17) is 4.74 Å². The lowest BCUT2D eigenvalue weighted by atomic mass is 10.1. The van der Waals surface area contributed by atoms with E-state index in [-0.39, 0.29) is 41.2 Å². The molecule has 3 aromatic rings. The zero-order valence-electron chi connectivity index (χ0n) is 14.2. The molecule has 3 rings (SSSR count). The Bertz CT molecular complexity index is 1000. The average Bonchev–Trinajstić information content (AvgIpc) is 2.62. The summed E-state index contributed by atoms with van der Waals surface area (Å²) in [6, 6.07) is 14.4. The molecule has 0 atom stereocenters. The summed E-state index contributed by atoms with van der Waals surface area (Å²) < 4.78 is 7.03. The zero-order valence-corrected chi connectivity index (χ0v) is 16.4. The monoisotopic (exact) mass is 464 g/mol. The Morgan fingerprint density at radius 3 is 2.58 bits per heavy atom. The maximum absolute atomic E-state index is 11.0. The first-order valence-electron chi connectivity index (χ1n) is 7.62. The topological polar surface area (TPSA) is 76.5 Å².